The maximum absolute atomic E-state index is 11.7. The zero-order valence-electron chi connectivity index (χ0n) is 12.0. The molecule has 1 aromatic carbocycles. The monoisotopic (exact) mass is 384 g/mol. The van der Waals surface area contributed by atoms with Crippen LogP contribution in [0.2, 0.25) is 0 Å². The Morgan fingerprint density at radius 2 is 2.20 bits per heavy atom. The highest BCUT2D eigenvalue weighted by molar-refractivity contribution is 14.1. The standard InChI is InChI=1S/C17H21IO2/c1-4-13(2)8-5-6-11-17(3,16(19)20)14-9-7-10-15(18)12-14/h1,7,9-10,12-13H,5-6,8,11H2,2-3H3,(H,19,20). The van der Waals surface area contributed by atoms with E-state index in [4.69, 9.17) is 6.42 Å². The molecule has 1 rings (SSSR count). The molecule has 0 aliphatic carbocycles. The van der Waals surface area contributed by atoms with E-state index >= 15 is 0 Å². The number of carboxylic acids is 1. The van der Waals surface area contributed by atoms with E-state index in [1.165, 1.54) is 0 Å². The normalized spacial score (nSPS) is 15.1. The summed E-state index contributed by atoms with van der Waals surface area (Å²) in [6, 6.07) is 7.75. The highest BCUT2D eigenvalue weighted by atomic mass is 127. The Morgan fingerprint density at radius 3 is 2.75 bits per heavy atom. The Hall–Kier alpha value is -1.02. The lowest BCUT2D eigenvalue weighted by Crippen LogP contribution is -2.32. The molecule has 2 unspecified atom stereocenters. The molecule has 1 aromatic rings. The first-order valence-corrected chi connectivity index (χ1v) is 7.93. The number of carbonyl (C=O) groups is 1. The highest BCUT2D eigenvalue weighted by Crippen LogP contribution is 2.31. The second-order valence-corrected chi connectivity index (χ2v) is 6.71. The van der Waals surface area contributed by atoms with Crippen molar-refractivity contribution in [1.82, 2.24) is 0 Å². The molecular formula is C17H21IO2. The molecule has 0 aliphatic heterocycles. The molecule has 2 atom stereocenters. The third kappa shape index (κ3) is 4.52. The number of unbranched alkanes of at least 4 members (excludes halogenated alkanes) is 1. The van der Waals surface area contributed by atoms with Gasteiger partial charge in [-0.15, -0.1) is 12.3 Å². The minimum atomic E-state index is -0.819. The van der Waals surface area contributed by atoms with E-state index in [0.717, 1.165) is 28.4 Å². The average Bonchev–Trinajstić information content (AvgIpc) is 2.42. The lowest BCUT2D eigenvalue weighted by molar-refractivity contribution is -0.143. The molecule has 0 saturated heterocycles. The average molecular weight is 384 g/mol. The predicted octanol–water partition coefficient (Wildman–Crippen LogP) is 4.46. The first-order valence-electron chi connectivity index (χ1n) is 6.85. The summed E-state index contributed by atoms with van der Waals surface area (Å²) in [7, 11) is 0. The molecule has 3 heteroatoms. The van der Waals surface area contributed by atoms with Gasteiger partial charge in [-0.05, 0) is 60.1 Å². The number of aliphatic carboxylic acids is 1. The van der Waals surface area contributed by atoms with Crippen LogP contribution in [-0.4, -0.2) is 11.1 Å². The maximum atomic E-state index is 11.7. The lowest BCUT2D eigenvalue weighted by Gasteiger charge is -2.25. The van der Waals surface area contributed by atoms with E-state index in [1.54, 1.807) is 0 Å². The van der Waals surface area contributed by atoms with Crippen molar-refractivity contribution >= 4 is 28.6 Å². The van der Waals surface area contributed by atoms with Gasteiger partial charge in [0.15, 0.2) is 0 Å². The Bertz CT molecular complexity index is 504. The fraction of sp³-hybridized carbons (Fsp3) is 0.471. The number of benzene rings is 1. The van der Waals surface area contributed by atoms with Gasteiger partial charge < -0.3 is 5.11 Å². The number of rotatable bonds is 7. The van der Waals surface area contributed by atoms with Crippen molar-refractivity contribution in [2.24, 2.45) is 5.92 Å². The van der Waals surface area contributed by atoms with E-state index in [-0.39, 0.29) is 5.92 Å². The molecule has 2 nitrogen and oxygen atoms in total. The fourth-order valence-electron chi connectivity index (χ4n) is 2.22. The molecule has 0 aliphatic rings. The topological polar surface area (TPSA) is 37.3 Å². The van der Waals surface area contributed by atoms with Gasteiger partial charge in [0, 0.05) is 9.49 Å². The molecule has 0 bridgehead atoms. The van der Waals surface area contributed by atoms with Crippen molar-refractivity contribution in [1.29, 1.82) is 0 Å². The van der Waals surface area contributed by atoms with Crippen molar-refractivity contribution in [2.75, 3.05) is 0 Å². The minimum absolute atomic E-state index is 0.267. The Morgan fingerprint density at radius 1 is 1.50 bits per heavy atom. The fourth-order valence-corrected chi connectivity index (χ4v) is 2.76. The number of hydrogen-bond acceptors (Lipinski definition) is 1. The first-order chi connectivity index (χ1) is 9.40. The smallest absolute Gasteiger partial charge is 0.313 e. The van der Waals surface area contributed by atoms with Gasteiger partial charge >= 0.3 is 5.97 Å². The summed E-state index contributed by atoms with van der Waals surface area (Å²) in [5.41, 5.74) is 0.0579. The van der Waals surface area contributed by atoms with Gasteiger partial charge in [-0.2, -0.15) is 0 Å². The van der Waals surface area contributed by atoms with Gasteiger partial charge in [0.1, 0.15) is 0 Å². The third-order valence-corrected chi connectivity index (χ3v) is 4.45. The molecule has 0 heterocycles. The molecule has 1 N–H and O–H groups in total. The van der Waals surface area contributed by atoms with Crippen molar-refractivity contribution in [3.05, 3.63) is 33.4 Å². The molecule has 0 saturated carbocycles. The van der Waals surface area contributed by atoms with Crippen LogP contribution in [0.3, 0.4) is 0 Å². The van der Waals surface area contributed by atoms with Crippen LogP contribution in [0.1, 0.15) is 45.1 Å². The largest absolute Gasteiger partial charge is 0.481 e. The molecular weight excluding hydrogens is 363 g/mol. The summed E-state index contributed by atoms with van der Waals surface area (Å²) in [6.07, 6.45) is 8.79. The zero-order chi connectivity index (χ0) is 15.2. The molecule has 0 fully saturated rings. The second kappa shape index (κ2) is 7.68. The van der Waals surface area contributed by atoms with Crippen LogP contribution < -0.4 is 0 Å². The highest BCUT2D eigenvalue weighted by Gasteiger charge is 2.34. The van der Waals surface area contributed by atoms with Crippen LogP contribution >= 0.6 is 22.6 Å². The third-order valence-electron chi connectivity index (χ3n) is 3.78. The molecule has 0 spiro atoms. The van der Waals surface area contributed by atoms with Crippen molar-refractivity contribution in [3.63, 3.8) is 0 Å². The predicted molar refractivity (Wildman–Crippen MR) is 90.6 cm³/mol. The number of carboxylic acid groups (broad SMARTS) is 1. The maximum Gasteiger partial charge on any atom is 0.313 e. The quantitative estimate of drug-likeness (QED) is 0.428. The summed E-state index contributed by atoms with van der Waals surface area (Å²) >= 11 is 2.21. The summed E-state index contributed by atoms with van der Waals surface area (Å²) in [4.78, 5) is 11.7. The number of hydrogen-bond donors (Lipinski definition) is 1. The van der Waals surface area contributed by atoms with E-state index < -0.39 is 11.4 Å². The van der Waals surface area contributed by atoms with Crippen LogP contribution in [0.4, 0.5) is 0 Å². The van der Waals surface area contributed by atoms with Crippen molar-refractivity contribution in [2.45, 2.75) is 44.9 Å². The Labute approximate surface area is 135 Å². The summed E-state index contributed by atoms with van der Waals surface area (Å²) in [6.45, 7) is 3.83. The van der Waals surface area contributed by atoms with E-state index in [0.29, 0.717) is 6.42 Å². The van der Waals surface area contributed by atoms with Gasteiger partial charge in [0.05, 0.1) is 5.41 Å². The van der Waals surface area contributed by atoms with Crippen LogP contribution in [0.15, 0.2) is 24.3 Å². The van der Waals surface area contributed by atoms with Gasteiger partial charge in [-0.1, -0.05) is 31.9 Å². The minimum Gasteiger partial charge on any atom is -0.481 e. The summed E-state index contributed by atoms with van der Waals surface area (Å²) in [5, 5.41) is 9.60. The van der Waals surface area contributed by atoms with E-state index in [1.807, 2.05) is 38.1 Å². The second-order valence-electron chi connectivity index (χ2n) is 5.46. The van der Waals surface area contributed by atoms with Crippen molar-refractivity contribution in [3.8, 4) is 12.3 Å². The van der Waals surface area contributed by atoms with Crippen molar-refractivity contribution < 1.29 is 9.90 Å². The SMILES string of the molecule is C#CC(C)CCCCC(C)(C(=O)O)c1cccc(I)c1. The van der Waals surface area contributed by atoms with Gasteiger partial charge in [-0.3, -0.25) is 4.79 Å². The van der Waals surface area contributed by atoms with Gasteiger partial charge in [-0.25, -0.2) is 0 Å². The van der Waals surface area contributed by atoms with Crippen LogP contribution in [0.5, 0.6) is 0 Å². The summed E-state index contributed by atoms with van der Waals surface area (Å²) in [5.74, 6) is 2.21. The molecule has 108 valence electrons. The molecule has 20 heavy (non-hydrogen) atoms. The first kappa shape index (κ1) is 17.0. The van der Waals surface area contributed by atoms with Gasteiger partial charge in [0.25, 0.3) is 0 Å². The van der Waals surface area contributed by atoms with Crippen LogP contribution in [-0.2, 0) is 10.2 Å². The number of halogens is 1. The molecule has 0 amide bonds. The Balaban J connectivity index is 2.73. The molecule has 0 radical (unpaired) electrons. The number of terminal acetylenes is 1. The van der Waals surface area contributed by atoms with Crippen LogP contribution in [0.25, 0.3) is 0 Å². The summed E-state index contributed by atoms with van der Waals surface area (Å²) < 4.78 is 1.06. The van der Waals surface area contributed by atoms with Crippen LogP contribution in [0, 0.1) is 21.8 Å². The molecule has 0 aromatic heterocycles. The zero-order valence-corrected chi connectivity index (χ0v) is 14.2. The lowest BCUT2D eigenvalue weighted by atomic mass is 9.78. The van der Waals surface area contributed by atoms with E-state index in [2.05, 4.69) is 28.5 Å². The Kier molecular flexibility index (Phi) is 6.54. The van der Waals surface area contributed by atoms with E-state index in [9.17, 15) is 9.90 Å². The van der Waals surface area contributed by atoms with Gasteiger partial charge in [0.2, 0.25) is 0 Å².